The first-order valence-corrected chi connectivity index (χ1v) is 11.1. The first kappa shape index (κ1) is 23.6. The van der Waals surface area contributed by atoms with Crippen LogP contribution in [0, 0.1) is 0 Å². The molecule has 9 nitrogen and oxygen atoms in total. The Bertz CT molecular complexity index is 825. The Kier molecular flexibility index (Phi) is 8.84. The Labute approximate surface area is 175 Å². The van der Waals surface area contributed by atoms with Crippen molar-refractivity contribution in [3.8, 4) is 0 Å². The van der Waals surface area contributed by atoms with E-state index in [0.29, 0.717) is 26.2 Å². The van der Waals surface area contributed by atoms with Crippen molar-refractivity contribution < 1.29 is 27.5 Å². The van der Waals surface area contributed by atoms with Crippen molar-refractivity contribution in [2.75, 3.05) is 44.8 Å². The molecule has 11 heteroatoms. The lowest BCUT2D eigenvalue weighted by Gasteiger charge is -2.26. The van der Waals surface area contributed by atoms with E-state index in [1.807, 2.05) is 13.8 Å². The third-order valence-electron chi connectivity index (χ3n) is 4.06. The molecule has 0 bridgehead atoms. The van der Waals surface area contributed by atoms with Crippen LogP contribution in [-0.2, 0) is 29.1 Å². The Morgan fingerprint density at radius 3 is 2.59 bits per heavy atom. The second-order valence-corrected chi connectivity index (χ2v) is 8.99. The highest BCUT2D eigenvalue weighted by molar-refractivity contribution is 7.89. The summed E-state index contributed by atoms with van der Waals surface area (Å²) in [5.74, 6) is -1.77. The van der Waals surface area contributed by atoms with Crippen molar-refractivity contribution in [3.63, 3.8) is 0 Å². The van der Waals surface area contributed by atoms with Crippen LogP contribution >= 0.6 is 11.6 Å². The SMILES string of the molecule is CC(C)OCCCNC(=O)C(=O)Nc1cc(S(=O)(=O)N2CCOCC2)ccc1Cl. The lowest BCUT2D eigenvalue weighted by atomic mass is 10.3. The molecule has 0 aromatic heterocycles. The predicted octanol–water partition coefficient (Wildman–Crippen LogP) is 1.23. The zero-order valence-electron chi connectivity index (χ0n) is 16.4. The highest BCUT2D eigenvalue weighted by Gasteiger charge is 2.27. The fraction of sp³-hybridized carbons (Fsp3) is 0.556. The van der Waals surface area contributed by atoms with Gasteiger partial charge in [0.2, 0.25) is 10.0 Å². The zero-order chi connectivity index (χ0) is 21.4. The molecule has 1 aromatic rings. The van der Waals surface area contributed by atoms with E-state index in [0.717, 1.165) is 0 Å². The van der Waals surface area contributed by atoms with Gasteiger partial charge in [-0.3, -0.25) is 9.59 Å². The highest BCUT2D eigenvalue weighted by atomic mass is 35.5. The second kappa shape index (κ2) is 10.9. The van der Waals surface area contributed by atoms with Gasteiger partial charge in [0, 0.05) is 26.2 Å². The fourth-order valence-corrected chi connectivity index (χ4v) is 4.15. The maximum absolute atomic E-state index is 12.7. The summed E-state index contributed by atoms with van der Waals surface area (Å²) in [5, 5.41) is 4.96. The lowest BCUT2D eigenvalue weighted by Crippen LogP contribution is -2.40. The fourth-order valence-electron chi connectivity index (χ4n) is 2.55. The van der Waals surface area contributed by atoms with Gasteiger partial charge in [0.15, 0.2) is 0 Å². The van der Waals surface area contributed by atoms with E-state index in [-0.39, 0.29) is 41.3 Å². The van der Waals surface area contributed by atoms with E-state index in [4.69, 9.17) is 21.1 Å². The van der Waals surface area contributed by atoms with Gasteiger partial charge in [-0.1, -0.05) is 11.6 Å². The maximum atomic E-state index is 12.7. The molecular formula is C18H26ClN3O6S. The third kappa shape index (κ3) is 6.93. The van der Waals surface area contributed by atoms with E-state index in [9.17, 15) is 18.0 Å². The number of morpholine rings is 1. The summed E-state index contributed by atoms with van der Waals surface area (Å²) in [5.41, 5.74) is 0.0456. The number of rotatable bonds is 8. The van der Waals surface area contributed by atoms with Crippen molar-refractivity contribution in [1.29, 1.82) is 0 Å². The van der Waals surface area contributed by atoms with Gasteiger partial charge in [0.25, 0.3) is 0 Å². The van der Waals surface area contributed by atoms with Crippen LogP contribution in [0.15, 0.2) is 23.1 Å². The number of ether oxygens (including phenoxy) is 2. The normalized spacial score (nSPS) is 15.3. The molecule has 0 spiro atoms. The van der Waals surface area contributed by atoms with Gasteiger partial charge < -0.3 is 20.1 Å². The minimum Gasteiger partial charge on any atom is -0.379 e. The molecule has 2 N–H and O–H groups in total. The van der Waals surface area contributed by atoms with Crippen LogP contribution in [0.4, 0.5) is 5.69 Å². The van der Waals surface area contributed by atoms with Gasteiger partial charge in [0.05, 0.1) is 34.9 Å². The van der Waals surface area contributed by atoms with Crippen LogP contribution < -0.4 is 10.6 Å². The number of amides is 2. The maximum Gasteiger partial charge on any atom is 0.313 e. The minimum absolute atomic E-state index is 0.0228. The molecule has 0 saturated carbocycles. The number of carbonyl (C=O) groups is 2. The molecule has 1 aliphatic heterocycles. The number of nitrogens with zero attached hydrogens (tertiary/aromatic N) is 1. The Morgan fingerprint density at radius 1 is 1.24 bits per heavy atom. The average Bonchev–Trinajstić information content (AvgIpc) is 2.69. The van der Waals surface area contributed by atoms with Crippen LogP contribution in [0.1, 0.15) is 20.3 Å². The summed E-state index contributed by atoms with van der Waals surface area (Å²) in [6, 6.07) is 3.97. The molecule has 0 aliphatic carbocycles. The number of benzene rings is 1. The van der Waals surface area contributed by atoms with E-state index < -0.39 is 21.8 Å². The Morgan fingerprint density at radius 2 is 1.93 bits per heavy atom. The standard InChI is InChI=1S/C18H26ClN3O6S/c1-13(2)28-9-3-6-20-17(23)18(24)21-16-12-14(4-5-15(16)19)29(25,26)22-7-10-27-11-8-22/h4-5,12-13H,3,6-11H2,1-2H3,(H,20,23)(H,21,24). The summed E-state index contributed by atoms with van der Waals surface area (Å²) < 4.78 is 37.3. The number of hydrogen-bond acceptors (Lipinski definition) is 6. The molecule has 0 radical (unpaired) electrons. The van der Waals surface area contributed by atoms with Crippen LogP contribution in [0.5, 0.6) is 0 Å². The monoisotopic (exact) mass is 447 g/mol. The van der Waals surface area contributed by atoms with Crippen LogP contribution in [-0.4, -0.2) is 70.1 Å². The van der Waals surface area contributed by atoms with Crippen molar-refractivity contribution in [2.24, 2.45) is 0 Å². The van der Waals surface area contributed by atoms with Gasteiger partial charge in [-0.2, -0.15) is 4.31 Å². The smallest absolute Gasteiger partial charge is 0.313 e. The number of carbonyl (C=O) groups excluding carboxylic acids is 2. The average molecular weight is 448 g/mol. The molecule has 162 valence electrons. The van der Waals surface area contributed by atoms with E-state index in [1.54, 1.807) is 0 Å². The lowest BCUT2D eigenvalue weighted by molar-refractivity contribution is -0.136. The molecule has 1 aliphatic rings. The minimum atomic E-state index is -3.76. The molecule has 2 amide bonds. The first-order chi connectivity index (χ1) is 13.7. The largest absolute Gasteiger partial charge is 0.379 e. The van der Waals surface area contributed by atoms with Gasteiger partial charge in [-0.25, -0.2) is 8.42 Å². The van der Waals surface area contributed by atoms with Crippen molar-refractivity contribution in [1.82, 2.24) is 9.62 Å². The molecule has 2 rings (SSSR count). The quantitative estimate of drug-likeness (QED) is 0.457. The molecule has 1 fully saturated rings. The number of nitrogens with one attached hydrogen (secondary N) is 2. The van der Waals surface area contributed by atoms with Gasteiger partial charge in [0.1, 0.15) is 0 Å². The second-order valence-electron chi connectivity index (χ2n) is 6.64. The van der Waals surface area contributed by atoms with Gasteiger partial charge >= 0.3 is 11.8 Å². The number of sulfonamides is 1. The molecule has 0 unspecified atom stereocenters. The number of halogens is 1. The van der Waals surface area contributed by atoms with Crippen molar-refractivity contribution >= 4 is 39.1 Å². The predicted molar refractivity (Wildman–Crippen MR) is 108 cm³/mol. The van der Waals surface area contributed by atoms with Gasteiger partial charge in [-0.05, 0) is 38.5 Å². The summed E-state index contributed by atoms with van der Waals surface area (Å²) in [7, 11) is -3.76. The van der Waals surface area contributed by atoms with E-state index in [2.05, 4.69) is 10.6 Å². The van der Waals surface area contributed by atoms with Crippen LogP contribution in [0.25, 0.3) is 0 Å². The Hall–Kier alpha value is -1.72. The summed E-state index contributed by atoms with van der Waals surface area (Å²) >= 11 is 6.06. The van der Waals surface area contributed by atoms with Crippen molar-refractivity contribution in [2.45, 2.75) is 31.3 Å². The number of anilines is 1. The summed E-state index contributed by atoms with van der Waals surface area (Å²) in [6.45, 7) is 5.68. The van der Waals surface area contributed by atoms with Crippen molar-refractivity contribution in [3.05, 3.63) is 23.2 Å². The topological polar surface area (TPSA) is 114 Å². The van der Waals surface area contributed by atoms with Crippen LogP contribution in [0.3, 0.4) is 0 Å². The molecule has 1 heterocycles. The molecule has 1 aromatic carbocycles. The van der Waals surface area contributed by atoms with Gasteiger partial charge in [-0.15, -0.1) is 0 Å². The summed E-state index contributed by atoms with van der Waals surface area (Å²) in [4.78, 5) is 24.0. The third-order valence-corrected chi connectivity index (χ3v) is 6.28. The summed E-state index contributed by atoms with van der Waals surface area (Å²) in [6.07, 6.45) is 0.655. The highest BCUT2D eigenvalue weighted by Crippen LogP contribution is 2.27. The van der Waals surface area contributed by atoms with E-state index >= 15 is 0 Å². The molecule has 0 atom stereocenters. The Balaban J connectivity index is 1.98. The molecular weight excluding hydrogens is 422 g/mol. The molecule has 1 saturated heterocycles. The van der Waals surface area contributed by atoms with Crippen LogP contribution in [0.2, 0.25) is 5.02 Å². The number of hydrogen-bond donors (Lipinski definition) is 2. The first-order valence-electron chi connectivity index (χ1n) is 9.30. The zero-order valence-corrected chi connectivity index (χ0v) is 18.0. The molecule has 29 heavy (non-hydrogen) atoms. The van der Waals surface area contributed by atoms with E-state index in [1.165, 1.54) is 22.5 Å².